The second-order valence-electron chi connectivity index (χ2n) is 6.32. The summed E-state index contributed by atoms with van der Waals surface area (Å²) in [5.41, 5.74) is 1.31. The summed E-state index contributed by atoms with van der Waals surface area (Å²) in [5.74, 6) is -1.09. The van der Waals surface area contributed by atoms with Gasteiger partial charge in [0.05, 0.1) is 11.6 Å². The number of nitrogens with one attached hydrogen (secondary N) is 2. The fourth-order valence-corrected chi connectivity index (χ4v) is 4.05. The van der Waals surface area contributed by atoms with Crippen LogP contribution in [-0.4, -0.2) is 36.5 Å². The average molecular weight is 428 g/mol. The third-order valence-corrected chi connectivity index (χ3v) is 5.75. The lowest BCUT2D eigenvalue weighted by Gasteiger charge is -2.37. The number of anilines is 1. The SMILES string of the molecule is COCCN1SN[C@H](c2ccc(F)cc2)C[C@@H]1C(=O)Nc1ccc(F)c(Cl)c1. The van der Waals surface area contributed by atoms with Crippen LogP contribution in [0.15, 0.2) is 42.5 Å². The highest BCUT2D eigenvalue weighted by molar-refractivity contribution is 7.95. The summed E-state index contributed by atoms with van der Waals surface area (Å²) in [4.78, 5) is 12.9. The van der Waals surface area contributed by atoms with E-state index in [4.69, 9.17) is 16.3 Å². The van der Waals surface area contributed by atoms with Gasteiger partial charge in [0.2, 0.25) is 5.91 Å². The zero-order valence-electron chi connectivity index (χ0n) is 15.1. The topological polar surface area (TPSA) is 53.6 Å². The minimum atomic E-state index is -0.546. The lowest BCUT2D eigenvalue weighted by molar-refractivity contribution is -0.120. The first-order chi connectivity index (χ1) is 13.5. The van der Waals surface area contributed by atoms with E-state index in [9.17, 15) is 13.6 Å². The summed E-state index contributed by atoms with van der Waals surface area (Å²) >= 11 is 7.12. The molecule has 28 heavy (non-hydrogen) atoms. The van der Waals surface area contributed by atoms with Gasteiger partial charge in [-0.2, -0.15) is 0 Å². The highest BCUT2D eigenvalue weighted by Crippen LogP contribution is 2.32. The number of methoxy groups -OCH3 is 1. The molecule has 0 aliphatic carbocycles. The maximum atomic E-state index is 13.4. The van der Waals surface area contributed by atoms with Gasteiger partial charge >= 0.3 is 0 Å². The maximum absolute atomic E-state index is 13.4. The van der Waals surface area contributed by atoms with Gasteiger partial charge in [0.15, 0.2) is 0 Å². The molecule has 1 saturated heterocycles. The van der Waals surface area contributed by atoms with Crippen LogP contribution in [0.4, 0.5) is 14.5 Å². The number of ether oxygens (including phenoxy) is 1. The van der Waals surface area contributed by atoms with Gasteiger partial charge in [-0.3, -0.25) is 4.79 Å². The molecule has 3 rings (SSSR count). The minimum Gasteiger partial charge on any atom is -0.383 e. The number of carbonyl (C=O) groups excluding carboxylic acids is 1. The molecular weight excluding hydrogens is 408 g/mol. The molecule has 150 valence electrons. The first-order valence-electron chi connectivity index (χ1n) is 8.67. The van der Waals surface area contributed by atoms with Crippen molar-refractivity contribution in [3.05, 3.63) is 64.7 Å². The number of hydrogen-bond acceptors (Lipinski definition) is 5. The Kier molecular flexibility index (Phi) is 7.25. The van der Waals surface area contributed by atoms with Crippen molar-refractivity contribution in [3.63, 3.8) is 0 Å². The van der Waals surface area contributed by atoms with Gasteiger partial charge in [-0.05, 0) is 42.3 Å². The monoisotopic (exact) mass is 427 g/mol. The van der Waals surface area contributed by atoms with Gasteiger partial charge in [-0.1, -0.05) is 23.7 Å². The first kappa shape index (κ1) is 21.0. The van der Waals surface area contributed by atoms with E-state index in [0.29, 0.717) is 25.3 Å². The zero-order chi connectivity index (χ0) is 20.1. The van der Waals surface area contributed by atoms with E-state index in [1.54, 1.807) is 19.2 Å². The van der Waals surface area contributed by atoms with E-state index in [2.05, 4.69) is 10.0 Å². The van der Waals surface area contributed by atoms with Gasteiger partial charge in [0.25, 0.3) is 0 Å². The fraction of sp³-hybridized carbons (Fsp3) is 0.316. The van der Waals surface area contributed by atoms with Gasteiger partial charge in [0, 0.05) is 37.5 Å². The third-order valence-electron chi connectivity index (χ3n) is 4.40. The van der Waals surface area contributed by atoms with Crippen molar-refractivity contribution in [1.29, 1.82) is 0 Å². The lowest BCUT2D eigenvalue weighted by Crippen LogP contribution is -2.48. The molecule has 2 N–H and O–H groups in total. The summed E-state index contributed by atoms with van der Waals surface area (Å²) in [6.07, 6.45) is 0.475. The molecule has 0 saturated carbocycles. The van der Waals surface area contributed by atoms with E-state index >= 15 is 0 Å². The third kappa shape index (κ3) is 5.21. The minimum absolute atomic E-state index is 0.0575. The highest BCUT2D eigenvalue weighted by atomic mass is 35.5. The average Bonchev–Trinajstić information content (AvgIpc) is 2.69. The molecule has 2 aromatic carbocycles. The standard InChI is InChI=1S/C19H20ClF2N3O2S/c1-27-9-8-25-18(19(26)23-14-6-7-16(22)15(20)10-14)11-17(24-28-25)12-2-4-13(21)5-3-12/h2-7,10,17-18,24H,8-9,11H2,1H3,(H,23,26)/t17-,18+/m0/s1. The van der Waals surface area contributed by atoms with E-state index in [1.165, 1.54) is 42.5 Å². The lowest BCUT2D eigenvalue weighted by atomic mass is 9.99. The number of hydrogen-bond donors (Lipinski definition) is 2. The number of amides is 1. The summed E-state index contributed by atoms with van der Waals surface area (Å²) in [6, 6.07) is 9.64. The molecule has 5 nitrogen and oxygen atoms in total. The molecule has 1 fully saturated rings. The second kappa shape index (κ2) is 9.67. The molecule has 0 aromatic heterocycles. The van der Waals surface area contributed by atoms with E-state index in [1.807, 2.05) is 4.31 Å². The Morgan fingerprint density at radius 3 is 2.75 bits per heavy atom. The summed E-state index contributed by atoms with van der Waals surface area (Å²) < 4.78 is 36.9. The number of carbonyl (C=O) groups is 1. The Morgan fingerprint density at radius 1 is 1.32 bits per heavy atom. The number of benzene rings is 2. The smallest absolute Gasteiger partial charge is 0.242 e. The first-order valence-corrected chi connectivity index (χ1v) is 9.82. The molecule has 0 unspecified atom stereocenters. The van der Waals surface area contributed by atoms with Crippen molar-refractivity contribution >= 4 is 35.3 Å². The summed E-state index contributed by atoms with van der Waals surface area (Å²) in [7, 11) is 1.60. The molecule has 0 bridgehead atoms. The van der Waals surface area contributed by atoms with Crippen molar-refractivity contribution in [2.45, 2.75) is 18.5 Å². The maximum Gasteiger partial charge on any atom is 0.242 e. The molecule has 1 aliphatic heterocycles. The molecule has 1 heterocycles. The van der Waals surface area contributed by atoms with Crippen LogP contribution >= 0.6 is 23.7 Å². The van der Waals surface area contributed by atoms with Gasteiger partial charge in [0.1, 0.15) is 17.7 Å². The van der Waals surface area contributed by atoms with Gasteiger partial charge in [-0.25, -0.2) is 17.8 Å². The predicted octanol–water partition coefficient (Wildman–Crippen LogP) is 4.17. The van der Waals surface area contributed by atoms with Crippen LogP contribution in [0.25, 0.3) is 0 Å². The van der Waals surface area contributed by atoms with E-state index < -0.39 is 11.9 Å². The van der Waals surface area contributed by atoms with Crippen LogP contribution in [0.5, 0.6) is 0 Å². The van der Waals surface area contributed by atoms with E-state index in [-0.39, 0.29) is 22.8 Å². The highest BCUT2D eigenvalue weighted by Gasteiger charge is 2.34. The van der Waals surface area contributed by atoms with Crippen LogP contribution in [0.1, 0.15) is 18.0 Å². The normalized spacial score (nSPS) is 20.1. The van der Waals surface area contributed by atoms with Crippen molar-refractivity contribution in [1.82, 2.24) is 9.03 Å². The summed E-state index contributed by atoms with van der Waals surface area (Å²) in [5, 5.41) is 2.74. The van der Waals surface area contributed by atoms with Crippen molar-refractivity contribution in [2.24, 2.45) is 0 Å². The quantitative estimate of drug-likeness (QED) is 0.677. The Labute approximate surface area is 171 Å². The Balaban J connectivity index is 1.75. The van der Waals surface area contributed by atoms with Crippen LogP contribution in [0, 0.1) is 11.6 Å². The van der Waals surface area contributed by atoms with Crippen molar-refractivity contribution in [2.75, 3.05) is 25.6 Å². The van der Waals surface area contributed by atoms with Crippen molar-refractivity contribution < 1.29 is 18.3 Å². The molecule has 1 amide bonds. The molecular formula is C19H20ClF2N3O2S. The van der Waals surface area contributed by atoms with E-state index in [0.717, 1.165) is 5.56 Å². The molecule has 0 spiro atoms. The Bertz CT molecular complexity index is 825. The number of rotatable bonds is 6. The molecule has 0 radical (unpaired) electrons. The van der Waals surface area contributed by atoms with Crippen LogP contribution in [0.2, 0.25) is 5.02 Å². The zero-order valence-corrected chi connectivity index (χ0v) is 16.7. The van der Waals surface area contributed by atoms with Crippen LogP contribution < -0.4 is 10.0 Å². The fourth-order valence-electron chi connectivity index (χ4n) is 2.90. The Morgan fingerprint density at radius 2 is 2.07 bits per heavy atom. The number of halogens is 3. The number of nitrogens with zero attached hydrogens (tertiary/aromatic N) is 1. The van der Waals surface area contributed by atoms with Gasteiger partial charge < -0.3 is 10.1 Å². The van der Waals surface area contributed by atoms with Crippen LogP contribution in [-0.2, 0) is 9.53 Å². The largest absolute Gasteiger partial charge is 0.383 e. The summed E-state index contributed by atoms with van der Waals surface area (Å²) in [6.45, 7) is 0.995. The Hall–Kier alpha value is -1.71. The van der Waals surface area contributed by atoms with Gasteiger partial charge in [-0.15, -0.1) is 0 Å². The second-order valence-corrected chi connectivity index (χ2v) is 7.61. The van der Waals surface area contributed by atoms with Crippen LogP contribution in [0.3, 0.4) is 0 Å². The van der Waals surface area contributed by atoms with Crippen molar-refractivity contribution in [3.8, 4) is 0 Å². The molecule has 2 atom stereocenters. The molecule has 9 heteroatoms. The molecule has 2 aromatic rings. The molecule has 1 aliphatic rings. The predicted molar refractivity (Wildman–Crippen MR) is 107 cm³/mol.